The molecule has 1 atom stereocenters. The molecule has 3 N–H and O–H groups in total. The topological polar surface area (TPSA) is 81.3 Å². The van der Waals surface area contributed by atoms with E-state index in [0.717, 1.165) is 18.5 Å². The van der Waals surface area contributed by atoms with Gasteiger partial charge in [-0.15, -0.1) is 0 Å². The highest BCUT2D eigenvalue weighted by Crippen LogP contribution is 2.27. The van der Waals surface area contributed by atoms with Crippen molar-refractivity contribution >= 4 is 5.96 Å². The molecule has 0 aliphatic heterocycles. The van der Waals surface area contributed by atoms with Crippen molar-refractivity contribution in [1.29, 1.82) is 0 Å². The minimum Gasteiger partial charge on any atom is -0.493 e. The van der Waals surface area contributed by atoms with E-state index in [-0.39, 0.29) is 6.10 Å². The van der Waals surface area contributed by atoms with Crippen molar-refractivity contribution in [1.82, 2.24) is 10.2 Å². The van der Waals surface area contributed by atoms with Crippen LogP contribution in [-0.4, -0.2) is 65.0 Å². The first-order valence-electron chi connectivity index (χ1n) is 8.51. The van der Waals surface area contributed by atoms with Crippen LogP contribution >= 0.6 is 0 Å². The van der Waals surface area contributed by atoms with Crippen molar-refractivity contribution < 1.29 is 14.2 Å². The first-order valence-corrected chi connectivity index (χ1v) is 8.51. The summed E-state index contributed by atoms with van der Waals surface area (Å²) >= 11 is 0. The highest BCUT2D eigenvalue weighted by molar-refractivity contribution is 5.77. The van der Waals surface area contributed by atoms with Crippen LogP contribution in [0.5, 0.6) is 11.5 Å². The molecule has 1 unspecified atom stereocenters. The van der Waals surface area contributed by atoms with Crippen LogP contribution in [0.25, 0.3) is 0 Å². The molecule has 0 bridgehead atoms. The van der Waals surface area contributed by atoms with Gasteiger partial charge in [0, 0.05) is 19.7 Å². The van der Waals surface area contributed by atoms with Gasteiger partial charge in [0.15, 0.2) is 17.5 Å². The Bertz CT molecular complexity index is 535. The van der Waals surface area contributed by atoms with Crippen molar-refractivity contribution in [3.8, 4) is 11.5 Å². The maximum Gasteiger partial charge on any atom is 0.189 e. The SMILES string of the molecule is CCOC(CCN(C)C)CNC(N)=NCc1ccc(OC)c(OC)c1. The molecule has 0 aliphatic rings. The van der Waals surface area contributed by atoms with Crippen LogP contribution in [0.4, 0.5) is 0 Å². The zero-order valence-electron chi connectivity index (χ0n) is 16.0. The normalized spacial score (nSPS) is 13.0. The number of guanidine groups is 1. The maximum atomic E-state index is 5.97. The second-order valence-corrected chi connectivity index (χ2v) is 5.94. The fraction of sp³-hybridized carbons (Fsp3) is 0.611. The van der Waals surface area contributed by atoms with Gasteiger partial charge in [-0.3, -0.25) is 0 Å². The molecule has 7 heteroatoms. The van der Waals surface area contributed by atoms with Crippen molar-refractivity contribution in [2.45, 2.75) is 26.0 Å². The fourth-order valence-electron chi connectivity index (χ4n) is 2.31. The number of nitrogens with zero attached hydrogens (tertiary/aromatic N) is 2. The summed E-state index contributed by atoms with van der Waals surface area (Å²) < 4.78 is 16.3. The monoisotopic (exact) mass is 352 g/mol. The van der Waals surface area contributed by atoms with Crippen LogP contribution < -0.4 is 20.5 Å². The highest BCUT2D eigenvalue weighted by atomic mass is 16.5. The van der Waals surface area contributed by atoms with Gasteiger partial charge in [-0.1, -0.05) is 6.07 Å². The Morgan fingerprint density at radius 2 is 1.96 bits per heavy atom. The third-order valence-electron chi connectivity index (χ3n) is 3.69. The second kappa shape index (κ2) is 11.5. The van der Waals surface area contributed by atoms with Gasteiger partial charge in [0.2, 0.25) is 0 Å². The number of benzene rings is 1. The van der Waals surface area contributed by atoms with Gasteiger partial charge >= 0.3 is 0 Å². The molecule has 0 heterocycles. The summed E-state index contributed by atoms with van der Waals surface area (Å²) in [5, 5.41) is 3.14. The van der Waals surface area contributed by atoms with Gasteiger partial charge < -0.3 is 30.2 Å². The van der Waals surface area contributed by atoms with Crippen molar-refractivity contribution in [3.05, 3.63) is 23.8 Å². The number of rotatable bonds is 11. The zero-order valence-corrected chi connectivity index (χ0v) is 16.0. The molecule has 0 amide bonds. The summed E-state index contributed by atoms with van der Waals surface area (Å²) in [4.78, 5) is 6.51. The van der Waals surface area contributed by atoms with E-state index in [9.17, 15) is 0 Å². The summed E-state index contributed by atoms with van der Waals surface area (Å²) in [6, 6.07) is 5.70. The van der Waals surface area contributed by atoms with Gasteiger partial charge in [0.1, 0.15) is 0 Å². The molecule has 1 aromatic rings. The van der Waals surface area contributed by atoms with Gasteiger partial charge in [-0.2, -0.15) is 0 Å². The first-order chi connectivity index (χ1) is 12.0. The average molecular weight is 352 g/mol. The molecule has 0 fully saturated rings. The molecule has 0 aromatic heterocycles. The Labute approximate surface area is 151 Å². The van der Waals surface area contributed by atoms with Gasteiger partial charge in [-0.05, 0) is 45.1 Å². The summed E-state index contributed by atoms with van der Waals surface area (Å²) in [5.41, 5.74) is 6.96. The van der Waals surface area contributed by atoms with E-state index in [1.807, 2.05) is 25.1 Å². The number of hydrogen-bond acceptors (Lipinski definition) is 5. The highest BCUT2D eigenvalue weighted by Gasteiger charge is 2.09. The number of hydrogen-bond donors (Lipinski definition) is 2. The smallest absolute Gasteiger partial charge is 0.189 e. The van der Waals surface area contributed by atoms with E-state index in [0.29, 0.717) is 37.2 Å². The maximum absolute atomic E-state index is 5.97. The predicted octanol–water partition coefficient (Wildman–Crippen LogP) is 1.46. The van der Waals surface area contributed by atoms with Crippen LogP contribution in [0.1, 0.15) is 18.9 Å². The Hall–Kier alpha value is -1.99. The number of nitrogens with one attached hydrogen (secondary N) is 1. The molecular weight excluding hydrogens is 320 g/mol. The minimum atomic E-state index is 0.113. The van der Waals surface area contributed by atoms with Crippen LogP contribution in [0, 0.1) is 0 Å². The molecule has 142 valence electrons. The summed E-state index contributed by atoms with van der Waals surface area (Å²) in [6.07, 6.45) is 1.05. The fourth-order valence-corrected chi connectivity index (χ4v) is 2.31. The van der Waals surface area contributed by atoms with Crippen LogP contribution in [-0.2, 0) is 11.3 Å². The van der Waals surface area contributed by atoms with Crippen LogP contribution in [0.2, 0.25) is 0 Å². The molecule has 0 saturated heterocycles. The predicted molar refractivity (Wildman–Crippen MR) is 101 cm³/mol. The molecule has 0 aliphatic carbocycles. The van der Waals surface area contributed by atoms with Crippen molar-refractivity contribution in [3.63, 3.8) is 0 Å². The molecule has 1 aromatic carbocycles. The Morgan fingerprint density at radius 3 is 2.56 bits per heavy atom. The second-order valence-electron chi connectivity index (χ2n) is 5.94. The lowest BCUT2D eigenvalue weighted by Gasteiger charge is -2.20. The minimum absolute atomic E-state index is 0.113. The average Bonchev–Trinajstić information content (AvgIpc) is 2.61. The number of ether oxygens (including phenoxy) is 3. The van der Waals surface area contributed by atoms with Crippen molar-refractivity contribution in [2.75, 3.05) is 48.0 Å². The van der Waals surface area contributed by atoms with E-state index in [1.54, 1.807) is 14.2 Å². The third kappa shape index (κ3) is 8.09. The number of nitrogens with two attached hydrogens (primary N) is 1. The third-order valence-corrected chi connectivity index (χ3v) is 3.69. The van der Waals surface area contributed by atoms with E-state index < -0.39 is 0 Å². The molecule has 25 heavy (non-hydrogen) atoms. The Kier molecular flexibility index (Phi) is 9.72. The molecule has 0 spiro atoms. The Morgan fingerprint density at radius 1 is 1.24 bits per heavy atom. The van der Waals surface area contributed by atoms with Gasteiger partial charge in [-0.25, -0.2) is 4.99 Å². The van der Waals surface area contributed by atoms with Gasteiger partial charge in [0.05, 0.1) is 26.9 Å². The lowest BCUT2D eigenvalue weighted by atomic mass is 10.2. The van der Waals surface area contributed by atoms with E-state index >= 15 is 0 Å². The number of methoxy groups -OCH3 is 2. The molecule has 1 rings (SSSR count). The summed E-state index contributed by atoms with van der Waals surface area (Å²) in [6.45, 7) is 4.76. The molecule has 0 radical (unpaired) electrons. The molecule has 0 saturated carbocycles. The number of aliphatic imine (C=N–C) groups is 1. The van der Waals surface area contributed by atoms with E-state index in [4.69, 9.17) is 19.9 Å². The molecule has 7 nitrogen and oxygen atoms in total. The van der Waals surface area contributed by atoms with Crippen LogP contribution in [0.3, 0.4) is 0 Å². The zero-order chi connectivity index (χ0) is 18.7. The quantitative estimate of drug-likeness (QED) is 0.464. The van der Waals surface area contributed by atoms with Crippen molar-refractivity contribution in [2.24, 2.45) is 10.7 Å². The Balaban J connectivity index is 2.54. The first kappa shape index (κ1) is 21.1. The van der Waals surface area contributed by atoms with Gasteiger partial charge in [0.25, 0.3) is 0 Å². The standard InChI is InChI=1S/C18H32N4O3/c1-6-25-15(9-10-22(2)3)13-21-18(19)20-12-14-7-8-16(23-4)17(11-14)24-5/h7-8,11,15H,6,9-10,12-13H2,1-5H3,(H3,19,20,21). The van der Waals surface area contributed by atoms with E-state index in [1.165, 1.54) is 0 Å². The lowest BCUT2D eigenvalue weighted by Crippen LogP contribution is -2.39. The largest absolute Gasteiger partial charge is 0.493 e. The molecular formula is C18H32N4O3. The summed E-state index contributed by atoms with van der Waals surface area (Å²) in [5.74, 6) is 1.79. The summed E-state index contributed by atoms with van der Waals surface area (Å²) in [7, 11) is 7.33. The lowest BCUT2D eigenvalue weighted by molar-refractivity contribution is 0.0549. The van der Waals surface area contributed by atoms with Crippen LogP contribution in [0.15, 0.2) is 23.2 Å². The van der Waals surface area contributed by atoms with E-state index in [2.05, 4.69) is 29.3 Å².